The van der Waals surface area contributed by atoms with E-state index >= 15 is 0 Å². The number of nitrogens with zero attached hydrogens (tertiary/aromatic N) is 1. The molecule has 5 atom stereocenters. The number of ether oxygens (including phenoxy) is 1. The number of unbranched alkanes of at least 4 members (excludes halogenated alkanes) is 2. The number of hydrogen-bond acceptors (Lipinski definition) is 5. The molecule has 0 aliphatic carbocycles. The lowest BCUT2D eigenvalue weighted by molar-refractivity contribution is -0.146. The Balaban J connectivity index is 1.89. The number of carbonyl (C=O) groups is 3. The van der Waals surface area contributed by atoms with E-state index in [0.29, 0.717) is 25.9 Å². The molecule has 0 radical (unpaired) electrons. The van der Waals surface area contributed by atoms with Crippen molar-refractivity contribution in [2.24, 2.45) is 11.8 Å². The molecular formula is C21H35N3O5. The van der Waals surface area contributed by atoms with E-state index in [1.54, 1.807) is 0 Å². The first-order valence-corrected chi connectivity index (χ1v) is 11.0. The van der Waals surface area contributed by atoms with E-state index in [4.69, 9.17) is 4.74 Å². The standard InChI is InChI=1S/C21H35N3O5/c1-4-6-7-11-23-18(27)16-21-9-8-20(3,29-21)14(17(26)22-10-5-2)15(21)19(28)24(16)12-13-25/h14-16,25H,4-13H2,1-3H3,(H,22,26)(H,23,27)/t14-,15-,16?,20+,21?/m0/s1. The van der Waals surface area contributed by atoms with Gasteiger partial charge in [-0.25, -0.2) is 0 Å². The van der Waals surface area contributed by atoms with Crippen LogP contribution in [0.4, 0.5) is 0 Å². The normalized spacial score (nSPS) is 35.1. The largest absolute Gasteiger partial charge is 0.395 e. The maximum atomic E-state index is 13.4. The van der Waals surface area contributed by atoms with Crippen LogP contribution in [-0.2, 0) is 19.1 Å². The van der Waals surface area contributed by atoms with Crippen molar-refractivity contribution in [3.8, 4) is 0 Å². The third kappa shape index (κ3) is 3.54. The number of carbonyl (C=O) groups excluding carboxylic acids is 3. The topological polar surface area (TPSA) is 108 Å². The molecule has 3 fully saturated rings. The van der Waals surface area contributed by atoms with Gasteiger partial charge in [0, 0.05) is 19.6 Å². The molecule has 0 aromatic rings. The highest BCUT2D eigenvalue weighted by Crippen LogP contribution is 2.63. The fourth-order valence-corrected chi connectivity index (χ4v) is 5.52. The predicted molar refractivity (Wildman–Crippen MR) is 107 cm³/mol. The molecule has 3 amide bonds. The Morgan fingerprint density at radius 2 is 1.86 bits per heavy atom. The summed E-state index contributed by atoms with van der Waals surface area (Å²) in [7, 11) is 0. The number of aliphatic hydroxyl groups excluding tert-OH is 1. The molecule has 3 aliphatic heterocycles. The zero-order valence-corrected chi connectivity index (χ0v) is 17.8. The van der Waals surface area contributed by atoms with Crippen molar-refractivity contribution >= 4 is 17.7 Å². The van der Waals surface area contributed by atoms with Crippen molar-refractivity contribution in [2.45, 2.75) is 76.5 Å². The highest BCUT2D eigenvalue weighted by Gasteiger charge is 2.77. The highest BCUT2D eigenvalue weighted by atomic mass is 16.5. The Bertz CT molecular complexity index is 656. The number of aliphatic hydroxyl groups is 1. The van der Waals surface area contributed by atoms with Crippen molar-refractivity contribution < 1.29 is 24.2 Å². The van der Waals surface area contributed by atoms with Gasteiger partial charge < -0.3 is 25.4 Å². The lowest BCUT2D eigenvalue weighted by Crippen LogP contribution is -2.55. The van der Waals surface area contributed by atoms with Crippen LogP contribution in [0.25, 0.3) is 0 Å². The number of fused-ring (bicyclic) bond motifs is 1. The van der Waals surface area contributed by atoms with Gasteiger partial charge in [0.2, 0.25) is 17.7 Å². The van der Waals surface area contributed by atoms with Crippen LogP contribution < -0.4 is 10.6 Å². The van der Waals surface area contributed by atoms with Crippen LogP contribution in [0, 0.1) is 11.8 Å². The summed E-state index contributed by atoms with van der Waals surface area (Å²) in [5.41, 5.74) is -1.74. The molecule has 29 heavy (non-hydrogen) atoms. The van der Waals surface area contributed by atoms with Crippen molar-refractivity contribution in [1.29, 1.82) is 0 Å². The molecule has 0 aromatic carbocycles. The van der Waals surface area contributed by atoms with Crippen LogP contribution >= 0.6 is 0 Å². The summed E-state index contributed by atoms with van der Waals surface area (Å²) in [5, 5.41) is 15.4. The summed E-state index contributed by atoms with van der Waals surface area (Å²) in [5.74, 6) is -1.98. The van der Waals surface area contributed by atoms with E-state index in [1.807, 2.05) is 13.8 Å². The van der Waals surface area contributed by atoms with Gasteiger partial charge in [-0.1, -0.05) is 26.7 Å². The fraction of sp³-hybridized carbons (Fsp3) is 0.857. The molecule has 3 rings (SSSR count). The molecule has 3 aliphatic rings. The SMILES string of the molecule is CCCCCNC(=O)C1N(CCO)C(=O)[C@@H]2[C@@H](C(=O)NCCC)[C@@]3(C)CCC12O3. The van der Waals surface area contributed by atoms with Gasteiger partial charge in [-0.3, -0.25) is 14.4 Å². The molecular weight excluding hydrogens is 374 g/mol. The Morgan fingerprint density at radius 3 is 2.52 bits per heavy atom. The third-order valence-corrected chi connectivity index (χ3v) is 6.78. The first-order chi connectivity index (χ1) is 13.9. The summed E-state index contributed by atoms with van der Waals surface area (Å²) in [6.07, 6.45) is 4.95. The second-order valence-electron chi connectivity index (χ2n) is 8.77. The minimum absolute atomic E-state index is 0.0630. The predicted octanol–water partition coefficient (Wildman–Crippen LogP) is 0.576. The molecule has 3 N–H and O–H groups in total. The second-order valence-corrected chi connectivity index (χ2v) is 8.77. The molecule has 1 spiro atoms. The van der Waals surface area contributed by atoms with Gasteiger partial charge in [0.15, 0.2) is 0 Å². The summed E-state index contributed by atoms with van der Waals surface area (Å²) in [6, 6.07) is -0.806. The van der Waals surface area contributed by atoms with Crippen molar-refractivity contribution in [3.05, 3.63) is 0 Å². The number of hydrogen-bond donors (Lipinski definition) is 3. The summed E-state index contributed by atoms with van der Waals surface area (Å²) >= 11 is 0. The number of amides is 3. The highest BCUT2D eigenvalue weighted by molar-refractivity contribution is 5.99. The Hall–Kier alpha value is -1.67. The average molecular weight is 410 g/mol. The summed E-state index contributed by atoms with van der Waals surface area (Å²) in [4.78, 5) is 40.9. The molecule has 2 unspecified atom stereocenters. The number of rotatable bonds is 10. The number of nitrogens with one attached hydrogen (secondary N) is 2. The van der Waals surface area contributed by atoms with Gasteiger partial charge in [0.1, 0.15) is 11.6 Å². The zero-order valence-electron chi connectivity index (χ0n) is 17.8. The minimum Gasteiger partial charge on any atom is -0.395 e. The monoisotopic (exact) mass is 409 g/mol. The maximum Gasteiger partial charge on any atom is 0.245 e. The van der Waals surface area contributed by atoms with Gasteiger partial charge >= 0.3 is 0 Å². The smallest absolute Gasteiger partial charge is 0.245 e. The lowest BCUT2D eigenvalue weighted by Gasteiger charge is -2.33. The summed E-state index contributed by atoms with van der Waals surface area (Å²) < 4.78 is 6.43. The quantitative estimate of drug-likeness (QED) is 0.458. The van der Waals surface area contributed by atoms with Gasteiger partial charge in [-0.05, 0) is 32.6 Å². The molecule has 3 saturated heterocycles. The van der Waals surface area contributed by atoms with E-state index in [9.17, 15) is 19.5 Å². The van der Waals surface area contributed by atoms with Crippen LogP contribution in [0.15, 0.2) is 0 Å². The minimum atomic E-state index is -0.996. The first-order valence-electron chi connectivity index (χ1n) is 11.0. The van der Waals surface area contributed by atoms with Crippen molar-refractivity contribution in [2.75, 3.05) is 26.2 Å². The lowest BCUT2D eigenvalue weighted by atomic mass is 9.66. The second kappa shape index (κ2) is 8.60. The van der Waals surface area contributed by atoms with Gasteiger partial charge in [-0.2, -0.15) is 0 Å². The average Bonchev–Trinajstić information content (AvgIpc) is 3.25. The van der Waals surface area contributed by atoms with Crippen LogP contribution in [0.3, 0.4) is 0 Å². The molecule has 0 saturated carbocycles. The number of likely N-dealkylation sites (tertiary alicyclic amines) is 1. The Kier molecular flexibility index (Phi) is 6.53. The molecule has 8 nitrogen and oxygen atoms in total. The van der Waals surface area contributed by atoms with Crippen LogP contribution in [0.2, 0.25) is 0 Å². The van der Waals surface area contributed by atoms with E-state index in [0.717, 1.165) is 25.7 Å². The first kappa shape index (κ1) is 22.0. The van der Waals surface area contributed by atoms with E-state index in [1.165, 1.54) is 4.90 Å². The number of β-amino-alcohol motifs (C(OH)–C–C–N with tert-alkyl or cyclic N) is 1. The Morgan fingerprint density at radius 1 is 1.14 bits per heavy atom. The maximum absolute atomic E-state index is 13.4. The van der Waals surface area contributed by atoms with Crippen LogP contribution in [0.1, 0.15) is 59.3 Å². The van der Waals surface area contributed by atoms with E-state index in [-0.39, 0.29) is 30.9 Å². The van der Waals surface area contributed by atoms with Crippen molar-refractivity contribution in [3.63, 3.8) is 0 Å². The van der Waals surface area contributed by atoms with E-state index < -0.39 is 29.1 Å². The zero-order chi connectivity index (χ0) is 21.2. The molecule has 8 heteroatoms. The molecule has 2 bridgehead atoms. The molecule has 0 aromatic heterocycles. The third-order valence-electron chi connectivity index (χ3n) is 6.78. The van der Waals surface area contributed by atoms with E-state index in [2.05, 4.69) is 17.6 Å². The molecule has 164 valence electrons. The van der Waals surface area contributed by atoms with Gasteiger partial charge in [0.25, 0.3) is 0 Å². The van der Waals surface area contributed by atoms with Crippen LogP contribution in [0.5, 0.6) is 0 Å². The van der Waals surface area contributed by atoms with Crippen LogP contribution in [-0.4, -0.2) is 71.2 Å². The van der Waals surface area contributed by atoms with Gasteiger partial charge in [0.05, 0.1) is 24.0 Å². The fourth-order valence-electron chi connectivity index (χ4n) is 5.52. The molecule has 3 heterocycles. The Labute approximate surface area is 172 Å². The van der Waals surface area contributed by atoms with Gasteiger partial charge in [-0.15, -0.1) is 0 Å². The van der Waals surface area contributed by atoms with Crippen molar-refractivity contribution in [1.82, 2.24) is 15.5 Å². The summed E-state index contributed by atoms with van der Waals surface area (Å²) in [6.45, 7) is 6.87.